The van der Waals surface area contributed by atoms with E-state index in [1.165, 1.54) is 20.8 Å². The van der Waals surface area contributed by atoms with E-state index < -0.39 is 317 Å². The average molecular weight is 1750 g/mol. The predicted octanol–water partition coefficient (Wildman–Crippen LogP) is -7.01. The zero-order valence-corrected chi connectivity index (χ0v) is 67.9. The summed E-state index contributed by atoms with van der Waals surface area (Å²) < 4.78 is 98.4. The van der Waals surface area contributed by atoms with Gasteiger partial charge in [0, 0.05) is 58.0 Å². The molecule has 0 bridgehead atoms. The van der Waals surface area contributed by atoms with Crippen LogP contribution in [0.2, 0.25) is 0 Å². The number of rotatable bonds is 48. The van der Waals surface area contributed by atoms with Crippen molar-refractivity contribution in [2.45, 2.75) is 303 Å². The fraction of sp³-hybridized carbons (Fsp3) is 0.781. The molecule has 28 atom stereocenters. The number of aliphatic hydroxyl groups is 12. The van der Waals surface area contributed by atoms with Gasteiger partial charge < -0.3 is 169 Å². The lowest BCUT2D eigenvalue weighted by Crippen LogP contribution is -2.71. The van der Waals surface area contributed by atoms with Crippen molar-refractivity contribution >= 4 is 67.2 Å². The Morgan fingerprint density at radius 1 is 0.533 bits per heavy atom. The molecular formula is C73H116N5O41P. The summed E-state index contributed by atoms with van der Waals surface area (Å²) in [6.07, 6.45) is -48.9. The summed E-state index contributed by atoms with van der Waals surface area (Å²) >= 11 is 0. The van der Waals surface area contributed by atoms with E-state index in [1.807, 2.05) is 0 Å². The van der Waals surface area contributed by atoms with Crippen molar-refractivity contribution in [3.63, 3.8) is 0 Å². The molecule has 6 rings (SSSR count). The zero-order chi connectivity index (χ0) is 88.9. The number of aliphatic carboxylic acids is 1. The molecule has 0 saturated carbocycles. The van der Waals surface area contributed by atoms with Gasteiger partial charge in [0.05, 0.1) is 77.7 Å². The molecular weight excluding hydrogens is 1630 g/mol. The number of carbonyl (C=O) groups excluding carboxylic acids is 9. The number of phosphoric acid groups is 1. The fourth-order valence-corrected chi connectivity index (χ4v) is 14.0. The number of hydrogen-bond donors (Lipinski definition) is 20. The molecule has 5 saturated heterocycles. The number of amides is 5. The summed E-state index contributed by atoms with van der Waals surface area (Å²) in [5.41, 5.74) is 0.500. The Bertz CT molecular complexity index is 3460. The van der Waals surface area contributed by atoms with Crippen LogP contribution in [0.15, 0.2) is 30.3 Å². The molecule has 5 aliphatic heterocycles. The molecule has 0 aliphatic carbocycles. The van der Waals surface area contributed by atoms with E-state index in [2.05, 4.69) is 26.6 Å². The smallest absolute Gasteiger partial charge is 0.470 e. The maximum absolute atomic E-state index is 14.0. The van der Waals surface area contributed by atoms with Crippen LogP contribution < -0.4 is 26.6 Å². The van der Waals surface area contributed by atoms with Crippen LogP contribution in [0, 0.1) is 0 Å². The summed E-state index contributed by atoms with van der Waals surface area (Å²) in [5, 5.41) is 155. The van der Waals surface area contributed by atoms with Gasteiger partial charge in [0.1, 0.15) is 116 Å². The Morgan fingerprint density at radius 3 is 1.61 bits per heavy atom. The minimum absolute atomic E-state index is 0.0679. The van der Waals surface area contributed by atoms with Crippen LogP contribution in [-0.4, -0.2) is 366 Å². The van der Waals surface area contributed by atoms with Gasteiger partial charge in [-0.2, -0.15) is 0 Å². The Balaban J connectivity index is 1.08. The van der Waals surface area contributed by atoms with Crippen molar-refractivity contribution in [2.24, 2.45) is 0 Å². The Kier molecular flexibility index (Phi) is 42.1. The topological polar surface area (TPSA) is 690 Å². The molecule has 47 heteroatoms. The van der Waals surface area contributed by atoms with Crippen molar-refractivity contribution in [3.05, 3.63) is 35.9 Å². The third-order valence-corrected chi connectivity index (χ3v) is 20.4. The fourth-order valence-electron chi connectivity index (χ4n) is 13.4. The summed E-state index contributed by atoms with van der Waals surface area (Å²) in [5.74, 6) is -12.5. The van der Waals surface area contributed by atoms with Gasteiger partial charge in [-0.25, -0.2) is 9.36 Å². The third kappa shape index (κ3) is 29.7. The number of hydrogen-bond acceptors (Lipinski definition) is 38. The standard InChI is InChI=1S/C73H116N5O41P/c1-7-13-19-46(87)76-54-64(114-51(92)12-6)58(96)43(34-107-69-55(78-48(89)27-36(8-2)108-49(90)10-4)66(63(42(33-82)111-69)119-120(102,103)104)115-52(93)28-37(9-3)109-50(91)11-5)113-68(54)105-24-22-74-44(85)20-21-45(86)75-23-25-106-70-60(98)59(97)62(41(32-81)112-70)116-71-61(99)67(57(95)40(31-80)110-71)118-73(72(100)101)29-38(83)53(65(117-73)56(94)39(84)30-79)77-47(88)26-35-17-15-14-16-18-35/h14-18,36-43,53-71,79-84,94-99H,7-13,19-34H2,1-6H3,(H,74,85)(H,75,86)(H,76,87)(H,77,88)(H,78,89)(H,100,101)(H2,102,103,104)/t36-,37-,38?,39-,40?,41?,42?,43?,53-,54?,55?,56-,57+,58-,59-,60?,61?,62-,63-,64-,65?,66-,67+,68-,69-,70-,71+,73+/m1/s1. The highest BCUT2D eigenvalue weighted by molar-refractivity contribution is 7.46. The lowest BCUT2D eigenvalue weighted by atomic mass is 9.88. The first-order valence-electron chi connectivity index (χ1n) is 39.5. The monoisotopic (exact) mass is 1750 g/mol. The molecule has 684 valence electrons. The second-order valence-electron chi connectivity index (χ2n) is 28.8. The van der Waals surface area contributed by atoms with Gasteiger partial charge in [-0.1, -0.05) is 78.3 Å². The van der Waals surface area contributed by atoms with Crippen LogP contribution in [0.3, 0.4) is 0 Å². The number of carboxylic acids is 1. The number of ether oxygens (including phenoxy) is 14. The van der Waals surface area contributed by atoms with Gasteiger partial charge in [0.25, 0.3) is 5.79 Å². The SMILES string of the molecule is CCCCC(=O)NC1[C@H](OCCNC(=O)CCC(=O)NCCO[C@@H]2OC(CO)[C@@H](O[C@@H]3OC(CO)[C@H](O)[C@H](O[C@]4(C(=O)O)CC(O)[C@@H](NC(=O)Cc5ccccc5)C([C@H](O)[C@H](O)CO)O4)C3O)[C@H](O)C2O)OC(CO[C@@H]2OC(CO)[C@@H](OP(=O)(O)O)[C@H](OC(=O)C[C@@H](CC)OC(=O)CC)C2NC(=O)C[C@@H](CC)OC(=O)CC)[C@@H](O)[C@@H]1OC(=O)CC. The molecule has 10 unspecified atom stereocenters. The highest BCUT2D eigenvalue weighted by atomic mass is 31.2. The van der Waals surface area contributed by atoms with Crippen molar-refractivity contribution in [1.29, 1.82) is 0 Å². The quantitative estimate of drug-likeness (QED) is 0.0125. The molecule has 20 N–H and O–H groups in total. The third-order valence-electron chi connectivity index (χ3n) is 19.9. The maximum atomic E-state index is 14.0. The molecule has 5 heterocycles. The molecule has 5 aliphatic rings. The highest BCUT2D eigenvalue weighted by Gasteiger charge is 2.61. The van der Waals surface area contributed by atoms with Crippen LogP contribution in [-0.2, 0) is 130 Å². The number of carbonyl (C=O) groups is 10. The molecule has 0 radical (unpaired) electrons. The van der Waals surface area contributed by atoms with Crippen LogP contribution in [0.1, 0.15) is 131 Å². The highest BCUT2D eigenvalue weighted by Crippen LogP contribution is 2.44. The Hall–Kier alpha value is -6.85. The van der Waals surface area contributed by atoms with Crippen LogP contribution in [0.4, 0.5) is 0 Å². The zero-order valence-electron chi connectivity index (χ0n) is 67.0. The first-order valence-corrected chi connectivity index (χ1v) is 41.1. The van der Waals surface area contributed by atoms with Crippen molar-refractivity contribution in [2.75, 3.05) is 59.3 Å². The normalized spacial score (nSPS) is 31.8. The van der Waals surface area contributed by atoms with Gasteiger partial charge in [-0.3, -0.25) is 47.7 Å². The summed E-state index contributed by atoms with van der Waals surface area (Å²) in [6.45, 7) is 2.55. The van der Waals surface area contributed by atoms with Gasteiger partial charge in [-0.15, -0.1) is 0 Å². The molecule has 120 heavy (non-hydrogen) atoms. The van der Waals surface area contributed by atoms with Crippen LogP contribution in [0.25, 0.3) is 0 Å². The van der Waals surface area contributed by atoms with Crippen LogP contribution >= 0.6 is 7.82 Å². The Labute approximate surface area is 688 Å². The van der Waals surface area contributed by atoms with Gasteiger partial charge in [-0.05, 0) is 24.8 Å². The van der Waals surface area contributed by atoms with E-state index in [1.54, 1.807) is 51.1 Å². The molecule has 0 aromatic heterocycles. The van der Waals surface area contributed by atoms with E-state index in [4.69, 9.17) is 70.8 Å². The van der Waals surface area contributed by atoms with Crippen LogP contribution in [0.5, 0.6) is 0 Å². The number of benzene rings is 1. The molecule has 1 aromatic rings. The Morgan fingerprint density at radius 2 is 1.05 bits per heavy atom. The van der Waals surface area contributed by atoms with E-state index in [-0.39, 0.29) is 58.0 Å². The largest absolute Gasteiger partial charge is 0.477 e. The molecule has 5 amide bonds. The molecule has 46 nitrogen and oxygen atoms in total. The van der Waals surface area contributed by atoms with E-state index in [0.717, 1.165) is 0 Å². The van der Waals surface area contributed by atoms with Gasteiger partial charge in [0.15, 0.2) is 37.4 Å². The molecule has 0 spiro atoms. The summed E-state index contributed by atoms with van der Waals surface area (Å²) in [4.78, 5) is 152. The molecule has 5 fully saturated rings. The second kappa shape index (κ2) is 49.6. The number of esters is 4. The lowest BCUT2D eigenvalue weighted by molar-refractivity contribution is -0.386. The van der Waals surface area contributed by atoms with E-state index in [9.17, 15) is 129 Å². The van der Waals surface area contributed by atoms with E-state index in [0.29, 0.717) is 18.4 Å². The first-order chi connectivity index (χ1) is 57.0. The number of carboxylic acid groups (broad SMARTS) is 1. The number of aliphatic hydroxyl groups excluding tert-OH is 12. The van der Waals surface area contributed by atoms with E-state index >= 15 is 0 Å². The average Bonchev–Trinajstić information content (AvgIpc) is 0.754. The summed E-state index contributed by atoms with van der Waals surface area (Å²) in [7, 11) is -5.62. The second-order valence-corrected chi connectivity index (χ2v) is 30.0. The van der Waals surface area contributed by atoms with Gasteiger partial charge >= 0.3 is 37.7 Å². The molecule has 1 aromatic carbocycles. The first kappa shape index (κ1) is 102. The predicted molar refractivity (Wildman–Crippen MR) is 396 cm³/mol. The minimum atomic E-state index is -5.62. The number of phosphoric ester groups is 1. The lowest BCUT2D eigenvalue weighted by Gasteiger charge is -2.50. The number of nitrogens with one attached hydrogen (secondary N) is 5. The van der Waals surface area contributed by atoms with Crippen molar-refractivity contribution in [3.8, 4) is 0 Å². The minimum Gasteiger partial charge on any atom is -0.477 e. The van der Waals surface area contributed by atoms with Gasteiger partial charge in [0.2, 0.25) is 29.5 Å². The summed E-state index contributed by atoms with van der Waals surface area (Å²) in [6, 6.07) is 3.07. The number of unbranched alkanes of at least 4 members (excludes halogenated alkanes) is 1. The van der Waals surface area contributed by atoms with Crippen molar-refractivity contribution in [1.82, 2.24) is 26.6 Å². The maximum Gasteiger partial charge on any atom is 0.470 e. The van der Waals surface area contributed by atoms with Crippen molar-refractivity contribution < 1.29 is 200 Å².